The Balaban J connectivity index is 1.48. The molecule has 1 aromatic heterocycles. The van der Waals surface area contributed by atoms with Crippen LogP contribution in [-0.2, 0) is 4.79 Å². The van der Waals surface area contributed by atoms with Gasteiger partial charge < -0.3 is 4.90 Å². The van der Waals surface area contributed by atoms with E-state index in [1.807, 2.05) is 16.5 Å². The summed E-state index contributed by atoms with van der Waals surface area (Å²) >= 11 is 1.41. The van der Waals surface area contributed by atoms with Gasteiger partial charge in [0.05, 0.1) is 11.3 Å². The molecule has 0 bridgehead atoms. The molecule has 4 rings (SSSR count). The Morgan fingerprint density at radius 3 is 2.63 bits per heavy atom. The average Bonchev–Trinajstić information content (AvgIpc) is 3.46. The maximum Gasteiger partial charge on any atom is 0.233 e. The molecule has 2 fully saturated rings. The highest BCUT2D eigenvalue weighted by Crippen LogP contribution is 2.41. The molecule has 7 heteroatoms. The molecule has 0 atom stereocenters. The van der Waals surface area contributed by atoms with Gasteiger partial charge in [-0.3, -0.25) is 9.36 Å². The van der Waals surface area contributed by atoms with Gasteiger partial charge in [0.2, 0.25) is 5.91 Å². The minimum absolute atomic E-state index is 0.129. The second-order valence-corrected chi connectivity index (χ2v) is 8.41. The summed E-state index contributed by atoms with van der Waals surface area (Å²) < 4.78 is 16.2. The minimum atomic E-state index is -0.295. The molecular weight excluding hydrogens is 363 g/mol. The lowest BCUT2D eigenvalue weighted by molar-refractivity contribution is -0.129. The van der Waals surface area contributed by atoms with Crippen molar-refractivity contribution in [2.24, 2.45) is 0 Å². The first-order valence-electron chi connectivity index (χ1n) is 9.73. The van der Waals surface area contributed by atoms with Gasteiger partial charge in [0.15, 0.2) is 11.0 Å². The van der Waals surface area contributed by atoms with Gasteiger partial charge in [-0.2, -0.15) is 0 Å². The molecule has 0 saturated heterocycles. The van der Waals surface area contributed by atoms with E-state index in [2.05, 4.69) is 10.2 Å². The smallest absolute Gasteiger partial charge is 0.233 e. The van der Waals surface area contributed by atoms with Crippen LogP contribution in [0.1, 0.15) is 51.0 Å². The van der Waals surface area contributed by atoms with Crippen LogP contribution in [0.25, 0.3) is 11.4 Å². The zero-order valence-corrected chi connectivity index (χ0v) is 16.4. The van der Waals surface area contributed by atoms with Crippen LogP contribution in [-0.4, -0.2) is 44.4 Å². The van der Waals surface area contributed by atoms with Crippen molar-refractivity contribution in [3.8, 4) is 11.4 Å². The van der Waals surface area contributed by atoms with E-state index in [0.29, 0.717) is 34.4 Å². The molecule has 1 amide bonds. The van der Waals surface area contributed by atoms with E-state index in [1.54, 1.807) is 18.2 Å². The number of nitrogens with zero attached hydrogens (tertiary/aromatic N) is 4. The number of benzene rings is 1. The van der Waals surface area contributed by atoms with E-state index in [1.165, 1.54) is 37.1 Å². The van der Waals surface area contributed by atoms with Crippen molar-refractivity contribution in [2.75, 3.05) is 12.8 Å². The van der Waals surface area contributed by atoms with E-state index in [4.69, 9.17) is 0 Å². The monoisotopic (exact) mass is 388 g/mol. The Bertz CT molecular complexity index is 814. The lowest BCUT2D eigenvalue weighted by Crippen LogP contribution is -2.39. The van der Waals surface area contributed by atoms with E-state index >= 15 is 0 Å². The highest BCUT2D eigenvalue weighted by atomic mass is 32.2. The number of rotatable bonds is 6. The Kier molecular flexibility index (Phi) is 5.48. The summed E-state index contributed by atoms with van der Waals surface area (Å²) in [5.41, 5.74) is 0.467. The number of carbonyl (C=O) groups excluding carboxylic acids is 1. The predicted molar refractivity (Wildman–Crippen MR) is 104 cm³/mol. The fourth-order valence-corrected chi connectivity index (χ4v) is 4.69. The van der Waals surface area contributed by atoms with Crippen molar-refractivity contribution in [3.63, 3.8) is 0 Å². The van der Waals surface area contributed by atoms with Crippen LogP contribution in [0.5, 0.6) is 0 Å². The highest BCUT2D eigenvalue weighted by Gasteiger charge is 2.31. The van der Waals surface area contributed by atoms with Gasteiger partial charge in [-0.05, 0) is 37.8 Å². The van der Waals surface area contributed by atoms with Gasteiger partial charge in [-0.15, -0.1) is 10.2 Å². The SMILES string of the molecule is CN(C(=O)CSc1nnc(-c2ccccc2F)n1C1CC1)C1CCCCC1. The number of thioether (sulfide) groups is 1. The molecule has 0 radical (unpaired) electrons. The quantitative estimate of drug-likeness (QED) is 0.692. The Hall–Kier alpha value is -1.89. The van der Waals surface area contributed by atoms with Crippen molar-refractivity contribution in [2.45, 2.75) is 62.2 Å². The normalized spacial score (nSPS) is 17.9. The molecule has 0 spiro atoms. The van der Waals surface area contributed by atoms with Crippen molar-refractivity contribution in [3.05, 3.63) is 30.1 Å². The van der Waals surface area contributed by atoms with Crippen molar-refractivity contribution >= 4 is 17.7 Å². The summed E-state index contributed by atoms with van der Waals surface area (Å²) in [6.45, 7) is 0. The third kappa shape index (κ3) is 4.03. The van der Waals surface area contributed by atoms with Crippen LogP contribution in [0, 0.1) is 5.82 Å². The molecule has 5 nitrogen and oxygen atoms in total. The largest absolute Gasteiger partial charge is 0.342 e. The standard InChI is InChI=1S/C20H25FN4OS/c1-24(14-7-3-2-4-8-14)18(26)13-27-20-23-22-19(25(20)15-11-12-15)16-9-5-6-10-17(16)21/h5-6,9-10,14-15H,2-4,7-8,11-13H2,1H3. The van der Waals surface area contributed by atoms with Crippen LogP contribution < -0.4 is 0 Å². The fraction of sp³-hybridized carbons (Fsp3) is 0.550. The molecular formula is C20H25FN4OS. The molecule has 0 N–H and O–H groups in total. The summed E-state index contributed by atoms with van der Waals surface area (Å²) in [5.74, 6) is 0.738. The first-order valence-corrected chi connectivity index (χ1v) is 10.7. The molecule has 0 aliphatic heterocycles. The molecule has 27 heavy (non-hydrogen) atoms. The Labute approximate surface area is 163 Å². The summed E-state index contributed by atoms with van der Waals surface area (Å²) in [6, 6.07) is 7.32. The van der Waals surface area contributed by atoms with Crippen LogP contribution in [0.2, 0.25) is 0 Å². The fourth-order valence-electron chi connectivity index (χ4n) is 3.76. The van der Waals surface area contributed by atoms with E-state index < -0.39 is 0 Å². The highest BCUT2D eigenvalue weighted by molar-refractivity contribution is 7.99. The van der Waals surface area contributed by atoms with Crippen LogP contribution in [0.3, 0.4) is 0 Å². The molecule has 0 unspecified atom stereocenters. The number of hydrogen-bond donors (Lipinski definition) is 0. The zero-order valence-electron chi connectivity index (χ0n) is 15.6. The van der Waals surface area contributed by atoms with Gasteiger partial charge in [0, 0.05) is 19.1 Å². The van der Waals surface area contributed by atoms with Crippen LogP contribution in [0.15, 0.2) is 29.4 Å². The number of aromatic nitrogens is 3. The van der Waals surface area contributed by atoms with Gasteiger partial charge >= 0.3 is 0 Å². The Morgan fingerprint density at radius 1 is 1.19 bits per heavy atom. The van der Waals surface area contributed by atoms with E-state index in [-0.39, 0.29) is 11.7 Å². The maximum absolute atomic E-state index is 14.2. The summed E-state index contributed by atoms with van der Waals surface area (Å²) in [5, 5.41) is 9.23. The topological polar surface area (TPSA) is 51.0 Å². The van der Waals surface area contributed by atoms with E-state index in [9.17, 15) is 9.18 Å². The zero-order chi connectivity index (χ0) is 18.8. The predicted octanol–water partition coefficient (Wildman–Crippen LogP) is 4.30. The van der Waals surface area contributed by atoms with Gasteiger partial charge in [-0.1, -0.05) is 43.2 Å². The summed E-state index contributed by atoms with van der Waals surface area (Å²) in [7, 11) is 1.91. The third-order valence-electron chi connectivity index (χ3n) is 5.53. The first-order chi connectivity index (χ1) is 13.1. The van der Waals surface area contributed by atoms with Gasteiger partial charge in [0.1, 0.15) is 5.82 Å². The van der Waals surface area contributed by atoms with Crippen molar-refractivity contribution in [1.29, 1.82) is 0 Å². The Morgan fingerprint density at radius 2 is 1.93 bits per heavy atom. The minimum Gasteiger partial charge on any atom is -0.342 e. The molecule has 144 valence electrons. The molecule has 1 aromatic carbocycles. The molecule has 2 aliphatic carbocycles. The van der Waals surface area contributed by atoms with Crippen LogP contribution >= 0.6 is 11.8 Å². The van der Waals surface area contributed by atoms with Gasteiger partial charge in [0.25, 0.3) is 0 Å². The van der Waals surface area contributed by atoms with E-state index in [0.717, 1.165) is 25.7 Å². The molecule has 2 aromatic rings. The van der Waals surface area contributed by atoms with Crippen molar-refractivity contribution in [1.82, 2.24) is 19.7 Å². The first kappa shape index (κ1) is 18.5. The third-order valence-corrected chi connectivity index (χ3v) is 6.46. The second kappa shape index (κ2) is 8.00. The lowest BCUT2D eigenvalue weighted by Gasteiger charge is -2.31. The number of carbonyl (C=O) groups is 1. The lowest BCUT2D eigenvalue weighted by atomic mass is 9.94. The second-order valence-electron chi connectivity index (χ2n) is 7.47. The summed E-state index contributed by atoms with van der Waals surface area (Å²) in [6.07, 6.45) is 7.97. The number of hydrogen-bond acceptors (Lipinski definition) is 4. The van der Waals surface area contributed by atoms with Crippen LogP contribution in [0.4, 0.5) is 4.39 Å². The van der Waals surface area contributed by atoms with Crippen molar-refractivity contribution < 1.29 is 9.18 Å². The maximum atomic E-state index is 14.2. The molecule has 2 saturated carbocycles. The van der Waals surface area contributed by atoms with Gasteiger partial charge in [-0.25, -0.2) is 4.39 Å². The molecule has 1 heterocycles. The summed E-state index contributed by atoms with van der Waals surface area (Å²) in [4.78, 5) is 14.5. The number of halogens is 1. The molecule has 2 aliphatic rings. The average molecular weight is 389 g/mol. The number of amides is 1.